The summed E-state index contributed by atoms with van der Waals surface area (Å²) < 4.78 is 5.61. The molecular formula is C11H21NO. The van der Waals surface area contributed by atoms with Crippen molar-refractivity contribution in [2.75, 3.05) is 13.2 Å². The molecule has 0 amide bonds. The van der Waals surface area contributed by atoms with E-state index in [1.807, 2.05) is 0 Å². The Bertz CT molecular complexity index is 191. The zero-order valence-electron chi connectivity index (χ0n) is 9.05. The third-order valence-electron chi connectivity index (χ3n) is 3.54. The molecule has 2 heterocycles. The molecule has 2 saturated heterocycles. The summed E-state index contributed by atoms with van der Waals surface area (Å²) in [5.41, 5.74) is 0.387. The van der Waals surface area contributed by atoms with Crippen LogP contribution < -0.4 is 0 Å². The number of fused-ring (bicyclic) bond motifs is 2. The molecule has 76 valence electrons. The molecule has 2 aliphatic rings. The van der Waals surface area contributed by atoms with Crippen LogP contribution in [0.25, 0.3) is 0 Å². The van der Waals surface area contributed by atoms with Gasteiger partial charge in [0.1, 0.15) is 0 Å². The molecule has 2 fully saturated rings. The van der Waals surface area contributed by atoms with E-state index >= 15 is 0 Å². The molecule has 2 nitrogen and oxygen atoms in total. The molecule has 0 unspecified atom stereocenters. The lowest BCUT2D eigenvalue weighted by Gasteiger charge is -2.41. The van der Waals surface area contributed by atoms with Gasteiger partial charge < -0.3 is 4.74 Å². The zero-order valence-corrected chi connectivity index (χ0v) is 9.05. The van der Waals surface area contributed by atoms with Crippen molar-refractivity contribution in [2.24, 2.45) is 0 Å². The molecule has 2 rings (SSSR count). The zero-order chi connectivity index (χ0) is 9.47. The van der Waals surface area contributed by atoms with Gasteiger partial charge in [0.05, 0.1) is 12.7 Å². The van der Waals surface area contributed by atoms with Gasteiger partial charge in [-0.05, 0) is 26.7 Å². The number of ether oxygens (including phenoxy) is 1. The van der Waals surface area contributed by atoms with Crippen LogP contribution in [0.3, 0.4) is 0 Å². The standard InChI is InChI=1S/C11H21NO/c1-4-5-11(2,3)12-7-10-6-9(12)8-13-10/h9-10H,4-8H2,1-3H3/t9-,10-/m0/s1. The first kappa shape index (κ1) is 9.47. The van der Waals surface area contributed by atoms with Gasteiger partial charge in [-0.25, -0.2) is 0 Å². The highest BCUT2D eigenvalue weighted by molar-refractivity contribution is 4.98. The quantitative estimate of drug-likeness (QED) is 0.664. The number of hydrogen-bond donors (Lipinski definition) is 0. The Kier molecular flexibility index (Phi) is 2.37. The van der Waals surface area contributed by atoms with Gasteiger partial charge >= 0.3 is 0 Å². The summed E-state index contributed by atoms with van der Waals surface area (Å²) in [4.78, 5) is 2.66. The highest BCUT2D eigenvalue weighted by atomic mass is 16.5. The van der Waals surface area contributed by atoms with E-state index in [0.29, 0.717) is 17.7 Å². The maximum absolute atomic E-state index is 5.61. The van der Waals surface area contributed by atoms with E-state index in [0.717, 1.165) is 13.2 Å². The van der Waals surface area contributed by atoms with E-state index in [4.69, 9.17) is 4.74 Å². The number of likely N-dealkylation sites (tertiary alicyclic amines) is 1. The Balaban J connectivity index is 2.01. The SMILES string of the molecule is CCCC(C)(C)N1C[C@@H]2C[C@H]1CO2. The van der Waals surface area contributed by atoms with Crippen LogP contribution in [0.5, 0.6) is 0 Å². The largest absolute Gasteiger partial charge is 0.375 e. The number of rotatable bonds is 3. The molecule has 2 heteroatoms. The van der Waals surface area contributed by atoms with Gasteiger partial charge in [0.2, 0.25) is 0 Å². The van der Waals surface area contributed by atoms with Crippen LogP contribution in [-0.2, 0) is 4.74 Å². The van der Waals surface area contributed by atoms with Crippen LogP contribution in [0.4, 0.5) is 0 Å². The average Bonchev–Trinajstić information content (AvgIpc) is 2.63. The molecule has 0 aromatic carbocycles. The van der Waals surface area contributed by atoms with Crippen LogP contribution in [0.15, 0.2) is 0 Å². The van der Waals surface area contributed by atoms with Crippen LogP contribution in [0, 0.1) is 0 Å². The fourth-order valence-electron chi connectivity index (χ4n) is 2.90. The van der Waals surface area contributed by atoms with Crippen molar-refractivity contribution < 1.29 is 4.74 Å². The molecule has 2 bridgehead atoms. The van der Waals surface area contributed by atoms with Gasteiger partial charge in [0.25, 0.3) is 0 Å². The molecule has 0 aromatic heterocycles. The molecule has 0 radical (unpaired) electrons. The van der Waals surface area contributed by atoms with Crippen molar-refractivity contribution in [3.63, 3.8) is 0 Å². The lowest BCUT2D eigenvalue weighted by molar-refractivity contribution is -0.0167. The van der Waals surface area contributed by atoms with E-state index in [2.05, 4.69) is 25.7 Å². The van der Waals surface area contributed by atoms with Crippen molar-refractivity contribution in [3.8, 4) is 0 Å². The van der Waals surface area contributed by atoms with Gasteiger partial charge in [-0.15, -0.1) is 0 Å². The number of morpholine rings is 1. The summed E-state index contributed by atoms with van der Waals surface area (Å²) in [6.07, 6.45) is 4.40. The molecule has 2 aliphatic heterocycles. The van der Waals surface area contributed by atoms with Gasteiger partial charge in [-0.1, -0.05) is 13.3 Å². The molecular weight excluding hydrogens is 162 g/mol. The van der Waals surface area contributed by atoms with Gasteiger partial charge in [-0.3, -0.25) is 4.90 Å². The third kappa shape index (κ3) is 1.62. The van der Waals surface area contributed by atoms with Crippen LogP contribution in [0.2, 0.25) is 0 Å². The Morgan fingerprint density at radius 3 is 2.69 bits per heavy atom. The molecule has 13 heavy (non-hydrogen) atoms. The predicted octanol–water partition coefficient (Wildman–Crippen LogP) is 2.04. The van der Waals surface area contributed by atoms with E-state index < -0.39 is 0 Å². The topological polar surface area (TPSA) is 12.5 Å². The molecule has 2 atom stereocenters. The van der Waals surface area contributed by atoms with E-state index in [1.165, 1.54) is 19.3 Å². The van der Waals surface area contributed by atoms with E-state index in [1.54, 1.807) is 0 Å². The Morgan fingerprint density at radius 1 is 1.46 bits per heavy atom. The summed E-state index contributed by atoms with van der Waals surface area (Å²) in [6, 6.07) is 0.714. The molecule has 0 saturated carbocycles. The van der Waals surface area contributed by atoms with Crippen molar-refractivity contribution in [1.82, 2.24) is 4.90 Å². The van der Waals surface area contributed by atoms with E-state index in [-0.39, 0.29) is 0 Å². The van der Waals surface area contributed by atoms with Gasteiger partial charge in [0, 0.05) is 18.1 Å². The van der Waals surface area contributed by atoms with Crippen molar-refractivity contribution in [2.45, 2.75) is 57.7 Å². The van der Waals surface area contributed by atoms with E-state index in [9.17, 15) is 0 Å². The fraction of sp³-hybridized carbons (Fsp3) is 1.00. The second-order valence-electron chi connectivity index (χ2n) is 5.06. The lowest BCUT2D eigenvalue weighted by Crippen LogP contribution is -2.50. The highest BCUT2D eigenvalue weighted by Crippen LogP contribution is 2.35. The first-order valence-corrected chi connectivity index (χ1v) is 5.52. The second-order valence-corrected chi connectivity index (χ2v) is 5.06. The maximum Gasteiger partial charge on any atom is 0.0718 e. The molecule has 0 aromatic rings. The Morgan fingerprint density at radius 2 is 2.23 bits per heavy atom. The summed E-state index contributed by atoms with van der Waals surface area (Å²) >= 11 is 0. The van der Waals surface area contributed by atoms with Crippen LogP contribution in [-0.4, -0.2) is 35.7 Å². The van der Waals surface area contributed by atoms with Gasteiger partial charge in [0.15, 0.2) is 0 Å². The predicted molar refractivity (Wildman–Crippen MR) is 53.8 cm³/mol. The minimum atomic E-state index is 0.387. The van der Waals surface area contributed by atoms with Crippen LogP contribution in [0.1, 0.15) is 40.0 Å². The first-order valence-electron chi connectivity index (χ1n) is 5.52. The van der Waals surface area contributed by atoms with Crippen molar-refractivity contribution >= 4 is 0 Å². The van der Waals surface area contributed by atoms with Crippen LogP contribution >= 0.6 is 0 Å². The number of hydrogen-bond acceptors (Lipinski definition) is 2. The normalized spacial score (nSPS) is 34.4. The summed E-state index contributed by atoms with van der Waals surface area (Å²) in [7, 11) is 0. The average molecular weight is 183 g/mol. The summed E-state index contributed by atoms with van der Waals surface area (Å²) in [6.45, 7) is 9.15. The first-order chi connectivity index (χ1) is 6.13. The molecule has 0 aliphatic carbocycles. The second kappa shape index (κ2) is 3.25. The third-order valence-corrected chi connectivity index (χ3v) is 3.54. The minimum absolute atomic E-state index is 0.387. The Hall–Kier alpha value is -0.0800. The fourth-order valence-corrected chi connectivity index (χ4v) is 2.90. The maximum atomic E-state index is 5.61. The monoisotopic (exact) mass is 183 g/mol. The smallest absolute Gasteiger partial charge is 0.0718 e. The molecule has 0 N–H and O–H groups in total. The summed E-state index contributed by atoms with van der Waals surface area (Å²) in [5.74, 6) is 0. The highest BCUT2D eigenvalue weighted by Gasteiger charge is 2.44. The van der Waals surface area contributed by atoms with Crippen molar-refractivity contribution in [3.05, 3.63) is 0 Å². The lowest BCUT2D eigenvalue weighted by atomic mass is 9.95. The Labute approximate surface area is 81.3 Å². The minimum Gasteiger partial charge on any atom is -0.375 e. The number of nitrogens with zero attached hydrogens (tertiary/aromatic N) is 1. The molecule has 0 spiro atoms. The van der Waals surface area contributed by atoms with Crippen molar-refractivity contribution in [1.29, 1.82) is 0 Å². The summed E-state index contributed by atoms with van der Waals surface area (Å²) in [5, 5.41) is 0. The van der Waals surface area contributed by atoms with Gasteiger partial charge in [-0.2, -0.15) is 0 Å².